The van der Waals surface area contributed by atoms with Crippen molar-refractivity contribution in [2.24, 2.45) is 5.10 Å². The van der Waals surface area contributed by atoms with Crippen LogP contribution >= 0.6 is 0 Å². The summed E-state index contributed by atoms with van der Waals surface area (Å²) in [5, 5.41) is 6.70. The molecule has 3 heteroatoms. The number of hydrogen-bond acceptors (Lipinski definition) is 2. The molecule has 24 heavy (non-hydrogen) atoms. The van der Waals surface area contributed by atoms with E-state index in [1.165, 1.54) is 21.9 Å². The van der Waals surface area contributed by atoms with Crippen molar-refractivity contribution in [1.82, 2.24) is 5.43 Å². The summed E-state index contributed by atoms with van der Waals surface area (Å²) in [4.78, 5) is 12.1. The molecule has 0 bridgehead atoms. The monoisotopic (exact) mass is 314 g/mol. The molecule has 4 rings (SSSR count). The van der Waals surface area contributed by atoms with Crippen molar-refractivity contribution in [2.45, 2.75) is 19.8 Å². The van der Waals surface area contributed by atoms with E-state index in [0.29, 0.717) is 5.56 Å². The Balaban J connectivity index is 1.58. The number of hydrazone groups is 1. The summed E-state index contributed by atoms with van der Waals surface area (Å²) in [6.45, 7) is 2.00. The van der Waals surface area contributed by atoms with Crippen LogP contribution in [0.3, 0.4) is 0 Å². The fourth-order valence-electron chi connectivity index (χ4n) is 3.31. The van der Waals surface area contributed by atoms with E-state index in [2.05, 4.69) is 40.9 Å². The Hall–Kier alpha value is -2.94. The van der Waals surface area contributed by atoms with Crippen molar-refractivity contribution in [1.29, 1.82) is 0 Å². The van der Waals surface area contributed by atoms with Gasteiger partial charge in [0.15, 0.2) is 0 Å². The number of nitrogens with one attached hydrogen (secondary N) is 1. The number of benzene rings is 3. The van der Waals surface area contributed by atoms with Gasteiger partial charge in [0.05, 0.1) is 6.21 Å². The van der Waals surface area contributed by atoms with Gasteiger partial charge in [0.1, 0.15) is 0 Å². The van der Waals surface area contributed by atoms with E-state index in [1.54, 1.807) is 18.3 Å². The molecule has 0 atom stereocenters. The fourth-order valence-corrected chi connectivity index (χ4v) is 3.31. The molecule has 0 heterocycles. The van der Waals surface area contributed by atoms with E-state index in [9.17, 15) is 4.79 Å². The van der Waals surface area contributed by atoms with Crippen LogP contribution in [-0.4, -0.2) is 12.1 Å². The molecule has 118 valence electrons. The largest absolute Gasteiger partial charge is 0.271 e. The lowest BCUT2D eigenvalue weighted by atomic mass is 10.0. The topological polar surface area (TPSA) is 41.5 Å². The van der Waals surface area contributed by atoms with Gasteiger partial charge in [0, 0.05) is 11.1 Å². The molecule has 0 spiro atoms. The quantitative estimate of drug-likeness (QED) is 0.576. The van der Waals surface area contributed by atoms with Gasteiger partial charge in [-0.1, -0.05) is 48.0 Å². The second kappa shape index (κ2) is 5.93. The Labute approximate surface area is 141 Å². The van der Waals surface area contributed by atoms with Crippen LogP contribution in [0.25, 0.3) is 10.8 Å². The summed E-state index contributed by atoms with van der Waals surface area (Å²) in [6, 6.07) is 18.1. The van der Waals surface area contributed by atoms with Crippen LogP contribution in [0, 0.1) is 6.92 Å². The highest BCUT2D eigenvalue weighted by Gasteiger charge is 2.15. The Morgan fingerprint density at radius 2 is 1.75 bits per heavy atom. The molecule has 3 aromatic carbocycles. The van der Waals surface area contributed by atoms with E-state index in [4.69, 9.17) is 0 Å². The molecule has 0 aromatic heterocycles. The summed E-state index contributed by atoms with van der Waals surface area (Å²) in [6.07, 6.45) is 3.95. The van der Waals surface area contributed by atoms with E-state index >= 15 is 0 Å². The number of aryl methyl sites for hydroxylation is 3. The van der Waals surface area contributed by atoms with Crippen LogP contribution in [0.2, 0.25) is 0 Å². The lowest BCUT2D eigenvalue weighted by molar-refractivity contribution is 0.0955. The van der Waals surface area contributed by atoms with Crippen LogP contribution in [0.1, 0.15) is 32.6 Å². The van der Waals surface area contributed by atoms with Crippen LogP contribution in [0.5, 0.6) is 0 Å². The van der Waals surface area contributed by atoms with Gasteiger partial charge in [0.25, 0.3) is 5.91 Å². The summed E-state index contributed by atoms with van der Waals surface area (Å²) in [5.41, 5.74) is 8.18. The molecular formula is C21H18N2O. The van der Waals surface area contributed by atoms with Gasteiger partial charge < -0.3 is 0 Å². The lowest BCUT2D eigenvalue weighted by Gasteiger charge is -2.05. The zero-order valence-electron chi connectivity index (χ0n) is 13.5. The zero-order chi connectivity index (χ0) is 16.5. The Morgan fingerprint density at radius 1 is 1.00 bits per heavy atom. The number of rotatable bonds is 3. The van der Waals surface area contributed by atoms with Gasteiger partial charge in [-0.05, 0) is 53.8 Å². The average molecular weight is 314 g/mol. The normalized spacial score (nSPS) is 12.9. The minimum atomic E-state index is -0.197. The van der Waals surface area contributed by atoms with Gasteiger partial charge in [0.2, 0.25) is 0 Å². The molecule has 0 saturated carbocycles. The van der Waals surface area contributed by atoms with Crippen molar-refractivity contribution in [3.63, 3.8) is 0 Å². The van der Waals surface area contributed by atoms with Crippen LogP contribution in [0.4, 0.5) is 0 Å². The van der Waals surface area contributed by atoms with Gasteiger partial charge >= 0.3 is 0 Å². The smallest absolute Gasteiger partial charge is 0.267 e. The van der Waals surface area contributed by atoms with E-state index in [-0.39, 0.29) is 5.91 Å². The number of nitrogens with zero attached hydrogens (tertiary/aromatic N) is 1. The first-order valence-electron chi connectivity index (χ1n) is 8.16. The third-order valence-electron chi connectivity index (χ3n) is 4.59. The van der Waals surface area contributed by atoms with Gasteiger partial charge in [-0.15, -0.1) is 0 Å². The first kappa shape index (κ1) is 14.6. The van der Waals surface area contributed by atoms with Crippen molar-refractivity contribution in [3.8, 4) is 0 Å². The molecule has 1 N–H and O–H groups in total. The van der Waals surface area contributed by atoms with Crippen LogP contribution in [0.15, 0.2) is 59.7 Å². The maximum absolute atomic E-state index is 12.1. The Kier molecular flexibility index (Phi) is 3.62. The first-order chi connectivity index (χ1) is 11.7. The van der Waals surface area contributed by atoms with Crippen molar-refractivity contribution in [2.75, 3.05) is 0 Å². The van der Waals surface area contributed by atoms with Crippen LogP contribution < -0.4 is 5.43 Å². The third kappa shape index (κ3) is 2.58. The fraction of sp³-hybridized carbons (Fsp3) is 0.143. The summed E-state index contributed by atoms with van der Waals surface area (Å²) in [7, 11) is 0. The van der Waals surface area contributed by atoms with Gasteiger partial charge in [-0.2, -0.15) is 5.10 Å². The van der Waals surface area contributed by atoms with Crippen molar-refractivity contribution in [3.05, 3.63) is 82.4 Å². The van der Waals surface area contributed by atoms with E-state index in [0.717, 1.165) is 24.0 Å². The highest BCUT2D eigenvalue weighted by atomic mass is 16.2. The zero-order valence-corrected chi connectivity index (χ0v) is 13.5. The van der Waals surface area contributed by atoms with Crippen molar-refractivity contribution < 1.29 is 4.79 Å². The minimum absolute atomic E-state index is 0.197. The number of carbonyl (C=O) groups is 1. The maximum Gasteiger partial charge on any atom is 0.271 e. The second-order valence-corrected chi connectivity index (χ2v) is 6.22. The summed E-state index contributed by atoms with van der Waals surface area (Å²) < 4.78 is 0. The highest BCUT2D eigenvalue weighted by molar-refractivity contribution is 6.03. The van der Waals surface area contributed by atoms with Crippen molar-refractivity contribution >= 4 is 22.9 Å². The summed E-state index contributed by atoms with van der Waals surface area (Å²) >= 11 is 0. The van der Waals surface area contributed by atoms with Gasteiger partial charge in [-0.25, -0.2) is 5.43 Å². The molecule has 0 aliphatic heterocycles. The average Bonchev–Trinajstić information content (AvgIpc) is 3.02. The summed E-state index contributed by atoms with van der Waals surface area (Å²) in [5.74, 6) is -0.197. The predicted octanol–water partition coefficient (Wildman–Crippen LogP) is 4.01. The molecule has 1 amide bonds. The molecule has 0 saturated heterocycles. The SMILES string of the molecule is Cc1ccc(C(=O)N/N=C\c2ccc3c4c(cccc24)CC3)cc1. The third-order valence-corrected chi connectivity index (χ3v) is 4.59. The van der Waals surface area contributed by atoms with Gasteiger partial charge in [-0.3, -0.25) is 4.79 Å². The van der Waals surface area contributed by atoms with Crippen LogP contribution in [-0.2, 0) is 12.8 Å². The maximum atomic E-state index is 12.1. The molecular weight excluding hydrogens is 296 g/mol. The predicted molar refractivity (Wildman–Crippen MR) is 97.6 cm³/mol. The van der Waals surface area contributed by atoms with E-state index in [1.807, 2.05) is 19.1 Å². The molecule has 0 unspecified atom stereocenters. The Bertz CT molecular complexity index is 945. The molecule has 1 aliphatic rings. The number of carbonyl (C=O) groups excluding carboxylic acids is 1. The number of amides is 1. The molecule has 1 aliphatic carbocycles. The molecule has 0 fully saturated rings. The lowest BCUT2D eigenvalue weighted by Crippen LogP contribution is -2.17. The molecule has 3 aromatic rings. The van der Waals surface area contributed by atoms with E-state index < -0.39 is 0 Å². The Morgan fingerprint density at radius 3 is 2.54 bits per heavy atom. The molecule has 0 radical (unpaired) electrons. The second-order valence-electron chi connectivity index (χ2n) is 6.22. The first-order valence-corrected chi connectivity index (χ1v) is 8.16. The standard InChI is InChI=1S/C21H18N2O/c1-14-5-7-17(8-6-14)21(24)23-22-13-18-12-11-16-10-9-15-3-2-4-19(18)20(15)16/h2-8,11-13H,9-10H2,1H3,(H,23,24)/b22-13-. The highest BCUT2D eigenvalue weighted by Crippen LogP contribution is 2.32. The number of hydrogen-bond donors (Lipinski definition) is 1. The minimum Gasteiger partial charge on any atom is -0.267 e. The molecule has 3 nitrogen and oxygen atoms in total.